The van der Waals surface area contributed by atoms with Crippen molar-refractivity contribution in [3.8, 4) is 0 Å². The van der Waals surface area contributed by atoms with E-state index in [4.69, 9.17) is 9.47 Å². The molecule has 0 N–H and O–H groups in total. The van der Waals surface area contributed by atoms with Crippen LogP contribution < -0.4 is 0 Å². The zero-order chi connectivity index (χ0) is 19.5. The van der Waals surface area contributed by atoms with E-state index in [9.17, 15) is 9.59 Å². The Labute approximate surface area is 160 Å². The number of esters is 2. The maximum absolute atomic E-state index is 11.3. The molecule has 0 heterocycles. The lowest BCUT2D eigenvalue weighted by Gasteiger charge is -2.13. The summed E-state index contributed by atoms with van der Waals surface area (Å²) in [5.74, 6) is -0.414. The van der Waals surface area contributed by atoms with Gasteiger partial charge in [0.1, 0.15) is 6.10 Å². The average Bonchev–Trinajstić information content (AvgIpc) is 2.58. The minimum absolute atomic E-state index is 0.0892. The molecule has 0 bridgehead atoms. The summed E-state index contributed by atoms with van der Waals surface area (Å²) in [5.41, 5.74) is 0. The zero-order valence-corrected chi connectivity index (χ0v) is 17.3. The number of hydrogen-bond donors (Lipinski definition) is 0. The van der Waals surface area contributed by atoms with Crippen molar-refractivity contribution < 1.29 is 19.1 Å². The molecule has 152 valence electrons. The zero-order valence-electron chi connectivity index (χ0n) is 17.3. The van der Waals surface area contributed by atoms with Gasteiger partial charge in [-0.2, -0.15) is 0 Å². The number of ether oxygens (including phenoxy) is 2. The first kappa shape index (κ1) is 24.7. The lowest BCUT2D eigenvalue weighted by atomic mass is 10.1. The fraction of sp³-hybridized carbons (Fsp3) is 0.818. The van der Waals surface area contributed by atoms with Crippen LogP contribution in [0, 0.1) is 0 Å². The monoisotopic (exact) mass is 368 g/mol. The van der Waals surface area contributed by atoms with Gasteiger partial charge >= 0.3 is 11.9 Å². The van der Waals surface area contributed by atoms with E-state index in [0.29, 0.717) is 6.61 Å². The van der Waals surface area contributed by atoms with E-state index < -0.39 is 0 Å². The van der Waals surface area contributed by atoms with Crippen LogP contribution in [0.4, 0.5) is 0 Å². The number of carbonyl (C=O) groups is 2. The van der Waals surface area contributed by atoms with Crippen LogP contribution in [-0.4, -0.2) is 24.6 Å². The van der Waals surface area contributed by atoms with Crippen LogP contribution in [0.1, 0.15) is 104 Å². The van der Waals surface area contributed by atoms with E-state index in [0.717, 1.165) is 44.9 Å². The van der Waals surface area contributed by atoms with Crippen molar-refractivity contribution in [1.82, 2.24) is 0 Å². The van der Waals surface area contributed by atoms with Crippen molar-refractivity contribution in [2.75, 3.05) is 6.61 Å². The fourth-order valence-corrected chi connectivity index (χ4v) is 2.89. The third kappa shape index (κ3) is 19.0. The highest BCUT2D eigenvalue weighted by molar-refractivity contribution is 5.66. The molecular formula is C22H40O4. The first-order valence-electron chi connectivity index (χ1n) is 10.5. The number of hydrogen-bond acceptors (Lipinski definition) is 4. The molecule has 1 atom stereocenters. The second-order valence-electron chi connectivity index (χ2n) is 7.03. The molecule has 4 heteroatoms. The number of rotatable bonds is 17. The predicted octanol–water partition coefficient (Wildman–Crippen LogP) is 6.13. The fourth-order valence-electron chi connectivity index (χ4n) is 2.89. The molecule has 4 nitrogen and oxygen atoms in total. The average molecular weight is 369 g/mol. The van der Waals surface area contributed by atoms with Gasteiger partial charge in [0.05, 0.1) is 6.61 Å². The maximum atomic E-state index is 11.3. The molecule has 0 rings (SSSR count). The highest BCUT2D eigenvalue weighted by Crippen LogP contribution is 2.13. The van der Waals surface area contributed by atoms with E-state index >= 15 is 0 Å². The molecule has 0 spiro atoms. The van der Waals surface area contributed by atoms with Crippen molar-refractivity contribution in [2.45, 2.75) is 110 Å². The molecule has 0 aromatic carbocycles. The topological polar surface area (TPSA) is 52.6 Å². The molecule has 0 amide bonds. The van der Waals surface area contributed by atoms with Gasteiger partial charge in [0.2, 0.25) is 0 Å². The van der Waals surface area contributed by atoms with Crippen molar-refractivity contribution in [2.24, 2.45) is 0 Å². The lowest BCUT2D eigenvalue weighted by molar-refractivity contribution is -0.144. The minimum atomic E-state index is -0.208. The Morgan fingerprint density at radius 1 is 0.808 bits per heavy atom. The van der Waals surface area contributed by atoms with Gasteiger partial charge in [0, 0.05) is 13.8 Å². The SMILES string of the molecule is CCCCCCCCC=CC(CCCCCCCOC(C)=O)OC(C)=O. The van der Waals surface area contributed by atoms with Crippen LogP contribution in [0.15, 0.2) is 12.2 Å². The van der Waals surface area contributed by atoms with E-state index in [-0.39, 0.29) is 18.0 Å². The molecule has 0 radical (unpaired) electrons. The molecule has 0 aromatic heterocycles. The second-order valence-corrected chi connectivity index (χ2v) is 7.03. The molecule has 0 saturated heterocycles. The van der Waals surface area contributed by atoms with Crippen LogP contribution in [-0.2, 0) is 19.1 Å². The highest BCUT2D eigenvalue weighted by Gasteiger charge is 2.07. The van der Waals surface area contributed by atoms with E-state index in [1.54, 1.807) is 0 Å². The van der Waals surface area contributed by atoms with Gasteiger partial charge in [-0.05, 0) is 38.2 Å². The summed E-state index contributed by atoms with van der Waals surface area (Å²) in [7, 11) is 0. The summed E-state index contributed by atoms with van der Waals surface area (Å²) in [4.78, 5) is 21.9. The third-order valence-electron chi connectivity index (χ3n) is 4.33. The van der Waals surface area contributed by atoms with Gasteiger partial charge in [0.25, 0.3) is 0 Å². The molecule has 0 aromatic rings. The molecule has 1 unspecified atom stereocenters. The summed E-state index contributed by atoms with van der Waals surface area (Å²) in [5, 5.41) is 0. The van der Waals surface area contributed by atoms with Crippen LogP contribution >= 0.6 is 0 Å². The number of allylic oxidation sites excluding steroid dienone is 1. The molecule has 26 heavy (non-hydrogen) atoms. The van der Waals surface area contributed by atoms with Gasteiger partial charge in [-0.1, -0.05) is 64.4 Å². The summed E-state index contributed by atoms with van der Waals surface area (Å²) >= 11 is 0. The summed E-state index contributed by atoms with van der Waals surface area (Å²) in [6.45, 7) is 5.67. The van der Waals surface area contributed by atoms with Gasteiger partial charge in [-0.15, -0.1) is 0 Å². The molecular weight excluding hydrogens is 328 g/mol. The lowest BCUT2D eigenvalue weighted by Crippen LogP contribution is -2.13. The Morgan fingerprint density at radius 3 is 2.08 bits per heavy atom. The molecule has 0 aliphatic rings. The normalized spacial score (nSPS) is 12.3. The molecule has 0 aliphatic carbocycles. The van der Waals surface area contributed by atoms with E-state index in [1.807, 2.05) is 0 Å². The van der Waals surface area contributed by atoms with Crippen LogP contribution in [0.3, 0.4) is 0 Å². The Morgan fingerprint density at radius 2 is 1.42 bits per heavy atom. The minimum Gasteiger partial charge on any atom is -0.466 e. The van der Waals surface area contributed by atoms with Gasteiger partial charge in [-0.25, -0.2) is 0 Å². The maximum Gasteiger partial charge on any atom is 0.303 e. The Hall–Kier alpha value is -1.32. The van der Waals surface area contributed by atoms with E-state index in [1.165, 1.54) is 52.4 Å². The van der Waals surface area contributed by atoms with Gasteiger partial charge in [0.15, 0.2) is 0 Å². The quantitative estimate of drug-likeness (QED) is 0.176. The summed E-state index contributed by atoms with van der Waals surface area (Å²) < 4.78 is 10.3. The predicted molar refractivity (Wildman–Crippen MR) is 107 cm³/mol. The highest BCUT2D eigenvalue weighted by atomic mass is 16.5. The van der Waals surface area contributed by atoms with Crippen molar-refractivity contribution >= 4 is 11.9 Å². The largest absolute Gasteiger partial charge is 0.466 e. The van der Waals surface area contributed by atoms with Gasteiger partial charge in [-0.3, -0.25) is 9.59 Å². The Kier molecular flexibility index (Phi) is 17.5. The van der Waals surface area contributed by atoms with Crippen molar-refractivity contribution in [3.63, 3.8) is 0 Å². The van der Waals surface area contributed by atoms with Gasteiger partial charge < -0.3 is 9.47 Å². The third-order valence-corrected chi connectivity index (χ3v) is 4.33. The van der Waals surface area contributed by atoms with Crippen molar-refractivity contribution in [1.29, 1.82) is 0 Å². The number of carbonyl (C=O) groups excluding carboxylic acids is 2. The molecule has 0 saturated carbocycles. The first-order valence-corrected chi connectivity index (χ1v) is 10.5. The van der Waals surface area contributed by atoms with Crippen LogP contribution in [0.5, 0.6) is 0 Å². The molecule has 0 fully saturated rings. The summed E-state index contributed by atoms with van der Waals surface area (Å²) in [6.07, 6.45) is 19.2. The molecule has 0 aliphatic heterocycles. The van der Waals surface area contributed by atoms with Crippen LogP contribution in [0.25, 0.3) is 0 Å². The standard InChI is InChI=1S/C22H40O4/c1-4-5-6-7-8-9-11-14-17-22(26-21(3)24)18-15-12-10-13-16-19-25-20(2)23/h14,17,22H,4-13,15-16,18-19H2,1-3H3. The second kappa shape index (κ2) is 18.5. The first-order chi connectivity index (χ1) is 12.6. The number of unbranched alkanes of at least 4 members (excludes halogenated alkanes) is 10. The Balaban J connectivity index is 3.76. The smallest absolute Gasteiger partial charge is 0.303 e. The Bertz CT molecular complexity index is 376. The van der Waals surface area contributed by atoms with Crippen molar-refractivity contribution in [3.05, 3.63) is 12.2 Å². The summed E-state index contributed by atoms with van der Waals surface area (Å²) in [6, 6.07) is 0. The van der Waals surface area contributed by atoms with Crippen LogP contribution in [0.2, 0.25) is 0 Å². The van der Waals surface area contributed by atoms with E-state index in [2.05, 4.69) is 19.1 Å².